The van der Waals surface area contributed by atoms with Gasteiger partial charge in [0.25, 0.3) is 0 Å². The molecule has 5 fully saturated rings. The smallest absolute Gasteiger partial charge is 0.193 e. The first-order valence-corrected chi connectivity index (χ1v) is 10.0. The summed E-state index contributed by atoms with van der Waals surface area (Å²) < 4.78 is 0.779. The van der Waals surface area contributed by atoms with Gasteiger partial charge in [0.2, 0.25) is 0 Å². The molecule has 7 rings (SSSR count). The zero-order valence-electron chi connectivity index (χ0n) is 15.7. The van der Waals surface area contributed by atoms with Gasteiger partial charge < -0.3 is 39.1 Å². The minimum Gasteiger partial charge on any atom is -1.00 e. The highest BCUT2D eigenvalue weighted by Crippen LogP contribution is 2.70. The molecule has 10 atom stereocenters. The van der Waals surface area contributed by atoms with Crippen molar-refractivity contribution in [3.8, 4) is 0 Å². The van der Waals surface area contributed by atoms with E-state index < -0.39 is 0 Å². The van der Waals surface area contributed by atoms with Gasteiger partial charge in [-0.05, 0) is 24.0 Å². The average molecular weight is 468 g/mol. The number of fused-ring (bicyclic) bond motifs is 2. The van der Waals surface area contributed by atoms with Crippen molar-refractivity contribution in [1.29, 1.82) is 0 Å². The van der Waals surface area contributed by atoms with E-state index in [1.165, 1.54) is 11.3 Å². The second-order valence-corrected chi connectivity index (χ2v) is 9.58. The Morgan fingerprint density at radius 2 is 1.96 bits per heavy atom. The Balaban J connectivity index is 0.00000150. The largest absolute Gasteiger partial charge is 1.00 e. The van der Waals surface area contributed by atoms with Gasteiger partial charge in [0, 0.05) is 37.4 Å². The fourth-order valence-corrected chi connectivity index (χ4v) is 8.58. The van der Waals surface area contributed by atoms with Crippen LogP contribution in [0.15, 0.2) is 24.3 Å². The number of likely N-dealkylation sites (N-methyl/N-ethyl adjacent to an activating group) is 2. The summed E-state index contributed by atoms with van der Waals surface area (Å²) in [7, 11) is 4.51. The summed E-state index contributed by atoms with van der Waals surface area (Å²) >= 11 is 0. The van der Waals surface area contributed by atoms with Crippen molar-refractivity contribution in [2.75, 3.05) is 19.0 Å². The molecule has 6 aliphatic rings. The number of halogens is 1. The van der Waals surface area contributed by atoms with Crippen LogP contribution in [0.4, 0.5) is 5.69 Å². The molecular weight excluding hydrogens is 439 g/mol. The minimum absolute atomic E-state index is 0. The molecule has 5 bridgehead atoms. The van der Waals surface area contributed by atoms with Crippen molar-refractivity contribution in [2.45, 2.75) is 62.1 Å². The average Bonchev–Trinajstić information content (AvgIpc) is 2.99. The van der Waals surface area contributed by atoms with Crippen LogP contribution in [0.2, 0.25) is 0 Å². The summed E-state index contributed by atoms with van der Waals surface area (Å²) in [6, 6.07) is 9.87. The molecule has 5 heterocycles. The Morgan fingerprint density at radius 1 is 1.23 bits per heavy atom. The molecule has 1 saturated carbocycles. The molecule has 142 valence electrons. The van der Waals surface area contributed by atoms with Gasteiger partial charge in [-0.3, -0.25) is 4.48 Å². The minimum atomic E-state index is -0.273. The van der Waals surface area contributed by atoms with Crippen molar-refractivity contribution in [3.63, 3.8) is 0 Å². The van der Waals surface area contributed by atoms with Gasteiger partial charge >= 0.3 is 0 Å². The maximum atomic E-state index is 11.7. The normalized spacial score (nSPS) is 54.9. The quantitative estimate of drug-likeness (QED) is 0.398. The Labute approximate surface area is 172 Å². The van der Waals surface area contributed by atoms with E-state index >= 15 is 0 Å². The van der Waals surface area contributed by atoms with Gasteiger partial charge in [0.05, 0.1) is 30.7 Å². The molecule has 5 heteroatoms. The predicted molar refractivity (Wildman–Crippen MR) is 96.1 cm³/mol. The van der Waals surface area contributed by atoms with Gasteiger partial charge in [-0.2, -0.15) is 0 Å². The molecule has 4 nitrogen and oxygen atoms in total. The first-order valence-electron chi connectivity index (χ1n) is 10.0. The number of anilines is 1. The standard InChI is InChI=1S/C21H29N2O2.HI/c1-4-11-12-9-15-18-21(13-7-5-6-8-14(13)22(18)2)10-16(17(12)19(21)24)23(15,3)20(11)25;/h5-8,11-12,15-20,24-25H,4,9-10H2,1-3H3;1H/q+1;/p-1. The van der Waals surface area contributed by atoms with Crippen LogP contribution in [0.1, 0.15) is 31.7 Å². The number of nitrogens with zero attached hydrogens (tertiary/aromatic N) is 2. The third-order valence-electron chi connectivity index (χ3n) is 9.39. The highest BCUT2D eigenvalue weighted by Gasteiger charge is 2.82. The molecule has 1 aromatic carbocycles. The summed E-state index contributed by atoms with van der Waals surface area (Å²) in [6.07, 6.45) is 2.67. The lowest BCUT2D eigenvalue weighted by atomic mass is 9.61. The maximum Gasteiger partial charge on any atom is 0.193 e. The van der Waals surface area contributed by atoms with Crippen LogP contribution in [0.5, 0.6) is 0 Å². The lowest BCUT2D eigenvalue weighted by molar-refractivity contribution is -1.02. The summed E-state index contributed by atoms with van der Waals surface area (Å²) in [5.74, 6) is 1.17. The zero-order chi connectivity index (χ0) is 17.3. The summed E-state index contributed by atoms with van der Waals surface area (Å²) in [6.45, 7) is 2.21. The van der Waals surface area contributed by atoms with Crippen LogP contribution in [0.25, 0.3) is 0 Å². The fourth-order valence-electron chi connectivity index (χ4n) is 8.58. The summed E-state index contributed by atoms with van der Waals surface area (Å²) in [4.78, 5) is 2.44. The Morgan fingerprint density at radius 3 is 2.69 bits per heavy atom. The van der Waals surface area contributed by atoms with E-state index in [0.29, 0.717) is 35.9 Å². The number of aliphatic hydroxyl groups excluding tert-OH is 2. The molecule has 1 spiro atoms. The Kier molecular flexibility index (Phi) is 3.51. The van der Waals surface area contributed by atoms with Crippen molar-refractivity contribution in [2.24, 2.45) is 17.8 Å². The van der Waals surface area contributed by atoms with E-state index in [1.54, 1.807) is 0 Å². The Bertz CT molecular complexity index is 774. The molecule has 0 amide bonds. The van der Waals surface area contributed by atoms with E-state index in [9.17, 15) is 10.2 Å². The van der Waals surface area contributed by atoms with E-state index in [0.717, 1.165) is 23.7 Å². The monoisotopic (exact) mass is 468 g/mol. The molecular formula is C21H29IN2O2. The predicted octanol–water partition coefficient (Wildman–Crippen LogP) is -1.30. The van der Waals surface area contributed by atoms with Gasteiger partial charge in [0.15, 0.2) is 6.23 Å². The van der Waals surface area contributed by atoms with E-state index in [-0.39, 0.29) is 41.7 Å². The van der Waals surface area contributed by atoms with Gasteiger partial charge in [-0.25, -0.2) is 0 Å². The second kappa shape index (κ2) is 5.16. The van der Waals surface area contributed by atoms with Crippen LogP contribution in [-0.2, 0) is 5.41 Å². The highest BCUT2D eigenvalue weighted by molar-refractivity contribution is 5.66. The number of para-hydroxylation sites is 1. The van der Waals surface area contributed by atoms with Crippen molar-refractivity contribution in [1.82, 2.24) is 0 Å². The lowest BCUT2D eigenvalue weighted by Crippen LogP contribution is -3.00. The molecule has 1 aromatic rings. The van der Waals surface area contributed by atoms with E-state index in [1.807, 2.05) is 0 Å². The molecule has 5 aliphatic heterocycles. The van der Waals surface area contributed by atoms with Crippen molar-refractivity contribution < 1.29 is 38.7 Å². The van der Waals surface area contributed by atoms with Crippen LogP contribution in [-0.4, -0.2) is 59.2 Å². The number of aliphatic hydroxyl groups is 2. The molecule has 0 aromatic heterocycles. The fraction of sp³-hybridized carbons (Fsp3) is 0.714. The van der Waals surface area contributed by atoms with E-state index in [4.69, 9.17) is 0 Å². The molecule has 10 unspecified atom stereocenters. The Hall–Kier alpha value is -0.370. The lowest BCUT2D eigenvalue weighted by Gasteiger charge is -2.66. The molecule has 1 aliphatic carbocycles. The number of quaternary nitrogens is 1. The first kappa shape index (κ1) is 17.7. The highest BCUT2D eigenvalue weighted by atomic mass is 127. The van der Waals surface area contributed by atoms with Crippen LogP contribution in [0.3, 0.4) is 0 Å². The first-order chi connectivity index (χ1) is 12.0. The number of hydrogen-bond donors (Lipinski definition) is 2. The van der Waals surface area contributed by atoms with Crippen LogP contribution in [0, 0.1) is 17.8 Å². The van der Waals surface area contributed by atoms with Crippen LogP contribution >= 0.6 is 0 Å². The summed E-state index contributed by atoms with van der Waals surface area (Å²) in [5, 5.41) is 23.1. The third-order valence-corrected chi connectivity index (χ3v) is 9.39. The number of benzene rings is 1. The topological polar surface area (TPSA) is 43.7 Å². The second-order valence-electron chi connectivity index (χ2n) is 9.58. The molecule has 0 radical (unpaired) electrons. The molecule has 2 N–H and O–H groups in total. The van der Waals surface area contributed by atoms with Crippen LogP contribution < -0.4 is 28.9 Å². The number of rotatable bonds is 1. The van der Waals surface area contributed by atoms with Crippen molar-refractivity contribution >= 4 is 5.69 Å². The number of hydrogen-bond acceptors (Lipinski definition) is 3. The third kappa shape index (κ3) is 1.51. The van der Waals surface area contributed by atoms with Crippen molar-refractivity contribution in [3.05, 3.63) is 29.8 Å². The van der Waals surface area contributed by atoms with Gasteiger partial charge in [0.1, 0.15) is 6.04 Å². The molecule has 4 saturated heterocycles. The SMILES string of the molecule is CCC1C2CC3C4N(C)c5ccccc5C45CC(C2C5O)[N+]3(C)C1O.[I-]. The maximum absolute atomic E-state index is 11.7. The van der Waals surface area contributed by atoms with Gasteiger partial charge in [-0.1, -0.05) is 25.1 Å². The summed E-state index contributed by atoms with van der Waals surface area (Å²) in [5.41, 5.74) is 2.54. The molecule has 26 heavy (non-hydrogen) atoms. The zero-order valence-corrected chi connectivity index (χ0v) is 17.9. The number of piperidine rings is 4. The van der Waals surface area contributed by atoms with Gasteiger partial charge in [-0.15, -0.1) is 0 Å². The van der Waals surface area contributed by atoms with E-state index in [2.05, 4.69) is 50.2 Å².